The second-order valence-electron chi connectivity index (χ2n) is 4.70. The Bertz CT molecular complexity index is 652. The number of aryl methyl sites for hydroxylation is 1. The monoisotopic (exact) mass is 256 g/mol. The number of rotatable bonds is 4. The lowest BCUT2D eigenvalue weighted by atomic mass is 10.3. The molecule has 0 saturated heterocycles. The van der Waals surface area contributed by atoms with Crippen LogP contribution >= 0.6 is 0 Å². The highest BCUT2D eigenvalue weighted by Gasteiger charge is 2.10. The number of fused-ring (bicyclic) bond motifs is 1. The van der Waals surface area contributed by atoms with Gasteiger partial charge in [-0.3, -0.25) is 4.90 Å². The number of aromatic nitrogens is 3. The van der Waals surface area contributed by atoms with E-state index in [1.807, 2.05) is 55.3 Å². The van der Waals surface area contributed by atoms with Crippen molar-refractivity contribution in [3.05, 3.63) is 48.4 Å². The van der Waals surface area contributed by atoms with Gasteiger partial charge in [-0.25, -0.2) is 9.97 Å². The van der Waals surface area contributed by atoms with Crippen LogP contribution in [0.2, 0.25) is 0 Å². The first-order chi connectivity index (χ1) is 9.22. The molecule has 5 nitrogen and oxygen atoms in total. The molecule has 0 spiro atoms. The van der Waals surface area contributed by atoms with Crippen molar-refractivity contribution in [2.24, 2.45) is 7.05 Å². The molecule has 0 fully saturated rings. The van der Waals surface area contributed by atoms with Crippen LogP contribution in [0.15, 0.2) is 41.1 Å². The fourth-order valence-electron chi connectivity index (χ4n) is 2.06. The Morgan fingerprint density at radius 2 is 2.11 bits per heavy atom. The van der Waals surface area contributed by atoms with Gasteiger partial charge in [0.2, 0.25) is 5.89 Å². The van der Waals surface area contributed by atoms with Gasteiger partial charge < -0.3 is 8.98 Å². The molecule has 0 aliphatic carbocycles. The number of benzene rings is 1. The van der Waals surface area contributed by atoms with Crippen molar-refractivity contribution >= 4 is 11.1 Å². The zero-order valence-electron chi connectivity index (χ0n) is 11.1. The van der Waals surface area contributed by atoms with Crippen LogP contribution in [0.5, 0.6) is 0 Å². The van der Waals surface area contributed by atoms with E-state index in [0.717, 1.165) is 29.4 Å². The van der Waals surface area contributed by atoms with Crippen LogP contribution in [0, 0.1) is 0 Å². The number of hydrogen-bond acceptors (Lipinski definition) is 4. The van der Waals surface area contributed by atoms with Gasteiger partial charge in [0, 0.05) is 19.4 Å². The summed E-state index contributed by atoms with van der Waals surface area (Å²) in [5.74, 6) is 1.76. The molecule has 2 aromatic heterocycles. The summed E-state index contributed by atoms with van der Waals surface area (Å²) in [7, 11) is 4.03. The molecule has 0 unspecified atom stereocenters. The minimum atomic E-state index is 0.668. The average molecular weight is 256 g/mol. The Hall–Kier alpha value is -2.14. The highest BCUT2D eigenvalue weighted by molar-refractivity contribution is 5.72. The second kappa shape index (κ2) is 4.85. The van der Waals surface area contributed by atoms with Crippen LogP contribution in [-0.4, -0.2) is 26.5 Å². The SMILES string of the molecule is CN(Cc1nc2ccccc2o1)Cc1nccn1C. The highest BCUT2D eigenvalue weighted by atomic mass is 16.3. The summed E-state index contributed by atoms with van der Waals surface area (Å²) in [6.45, 7) is 1.43. The third-order valence-corrected chi connectivity index (χ3v) is 3.08. The van der Waals surface area contributed by atoms with Crippen molar-refractivity contribution in [3.8, 4) is 0 Å². The summed E-state index contributed by atoms with van der Waals surface area (Å²) in [5, 5.41) is 0. The van der Waals surface area contributed by atoms with Crippen molar-refractivity contribution < 1.29 is 4.42 Å². The molecule has 0 saturated carbocycles. The summed E-state index contributed by atoms with van der Waals surface area (Å²) < 4.78 is 7.72. The minimum absolute atomic E-state index is 0.668. The van der Waals surface area contributed by atoms with Crippen LogP contribution in [0.4, 0.5) is 0 Å². The average Bonchev–Trinajstić information content (AvgIpc) is 2.95. The second-order valence-corrected chi connectivity index (χ2v) is 4.70. The van der Waals surface area contributed by atoms with Gasteiger partial charge in [0.25, 0.3) is 0 Å². The van der Waals surface area contributed by atoms with Crippen LogP contribution in [0.1, 0.15) is 11.7 Å². The van der Waals surface area contributed by atoms with E-state index >= 15 is 0 Å². The van der Waals surface area contributed by atoms with E-state index in [-0.39, 0.29) is 0 Å². The number of oxazole rings is 1. The van der Waals surface area contributed by atoms with E-state index in [4.69, 9.17) is 4.42 Å². The summed E-state index contributed by atoms with van der Waals surface area (Å²) in [5.41, 5.74) is 1.74. The molecule has 2 heterocycles. The molecule has 1 aromatic carbocycles. The fourth-order valence-corrected chi connectivity index (χ4v) is 2.06. The Balaban J connectivity index is 1.72. The number of hydrogen-bond donors (Lipinski definition) is 0. The van der Waals surface area contributed by atoms with Gasteiger partial charge in [-0.15, -0.1) is 0 Å². The van der Waals surface area contributed by atoms with Crippen LogP contribution in [0.3, 0.4) is 0 Å². The fraction of sp³-hybridized carbons (Fsp3) is 0.286. The lowest BCUT2D eigenvalue weighted by molar-refractivity contribution is 0.276. The quantitative estimate of drug-likeness (QED) is 0.718. The Morgan fingerprint density at radius 1 is 1.26 bits per heavy atom. The first kappa shape index (κ1) is 11.9. The molecule has 3 rings (SSSR count). The number of para-hydroxylation sites is 2. The van der Waals surface area contributed by atoms with Crippen molar-refractivity contribution in [1.82, 2.24) is 19.4 Å². The van der Waals surface area contributed by atoms with Gasteiger partial charge in [-0.2, -0.15) is 0 Å². The molecule has 0 aliphatic rings. The summed E-state index contributed by atoms with van der Waals surface area (Å²) in [4.78, 5) is 10.9. The molecule has 0 radical (unpaired) electrons. The topological polar surface area (TPSA) is 47.1 Å². The van der Waals surface area contributed by atoms with Crippen molar-refractivity contribution in [2.75, 3.05) is 7.05 Å². The van der Waals surface area contributed by atoms with Gasteiger partial charge in [0.05, 0.1) is 13.1 Å². The maximum atomic E-state index is 5.71. The summed E-state index contributed by atoms with van der Waals surface area (Å²) in [6, 6.07) is 7.81. The zero-order valence-corrected chi connectivity index (χ0v) is 11.1. The van der Waals surface area contributed by atoms with E-state index in [9.17, 15) is 0 Å². The molecule has 0 amide bonds. The standard InChI is InChI=1S/C14H16N4O/c1-17(9-13-15-7-8-18(13)2)10-14-16-11-5-3-4-6-12(11)19-14/h3-8H,9-10H2,1-2H3. The molecule has 5 heteroatoms. The van der Waals surface area contributed by atoms with Gasteiger partial charge >= 0.3 is 0 Å². The lowest BCUT2D eigenvalue weighted by Gasteiger charge is -2.13. The molecule has 19 heavy (non-hydrogen) atoms. The normalized spacial score (nSPS) is 11.5. The number of imidazole rings is 1. The van der Waals surface area contributed by atoms with Crippen molar-refractivity contribution in [2.45, 2.75) is 13.1 Å². The lowest BCUT2D eigenvalue weighted by Crippen LogP contribution is -2.19. The molecule has 0 bridgehead atoms. The highest BCUT2D eigenvalue weighted by Crippen LogP contribution is 2.16. The van der Waals surface area contributed by atoms with Crippen LogP contribution in [0.25, 0.3) is 11.1 Å². The Labute approximate surface area is 111 Å². The van der Waals surface area contributed by atoms with E-state index in [1.165, 1.54) is 0 Å². The van der Waals surface area contributed by atoms with Gasteiger partial charge in [-0.05, 0) is 19.2 Å². The van der Waals surface area contributed by atoms with E-state index in [0.29, 0.717) is 6.54 Å². The summed E-state index contributed by atoms with van der Waals surface area (Å²) in [6.07, 6.45) is 3.76. The van der Waals surface area contributed by atoms with Crippen LogP contribution < -0.4 is 0 Å². The molecule has 3 aromatic rings. The van der Waals surface area contributed by atoms with E-state index in [2.05, 4.69) is 14.9 Å². The smallest absolute Gasteiger partial charge is 0.209 e. The first-order valence-electron chi connectivity index (χ1n) is 6.21. The maximum Gasteiger partial charge on any atom is 0.209 e. The Kier molecular flexibility index (Phi) is 3.05. The third-order valence-electron chi connectivity index (χ3n) is 3.08. The predicted molar refractivity (Wildman–Crippen MR) is 72.4 cm³/mol. The summed E-state index contributed by atoms with van der Waals surface area (Å²) >= 11 is 0. The largest absolute Gasteiger partial charge is 0.439 e. The minimum Gasteiger partial charge on any atom is -0.439 e. The van der Waals surface area contributed by atoms with Gasteiger partial charge in [-0.1, -0.05) is 12.1 Å². The molecule has 98 valence electrons. The van der Waals surface area contributed by atoms with Gasteiger partial charge in [0.15, 0.2) is 5.58 Å². The molecule has 0 N–H and O–H groups in total. The van der Waals surface area contributed by atoms with E-state index < -0.39 is 0 Å². The van der Waals surface area contributed by atoms with Crippen molar-refractivity contribution in [1.29, 1.82) is 0 Å². The first-order valence-corrected chi connectivity index (χ1v) is 6.21. The molecular formula is C14H16N4O. The third kappa shape index (κ3) is 2.51. The molecule has 0 atom stereocenters. The zero-order chi connectivity index (χ0) is 13.2. The molecule has 0 aliphatic heterocycles. The number of nitrogens with zero attached hydrogens (tertiary/aromatic N) is 4. The predicted octanol–water partition coefficient (Wildman–Crippen LogP) is 2.19. The maximum absolute atomic E-state index is 5.71. The van der Waals surface area contributed by atoms with Gasteiger partial charge in [0.1, 0.15) is 11.3 Å². The van der Waals surface area contributed by atoms with Crippen LogP contribution in [-0.2, 0) is 20.1 Å². The Morgan fingerprint density at radius 3 is 2.84 bits per heavy atom. The van der Waals surface area contributed by atoms with Crippen molar-refractivity contribution in [3.63, 3.8) is 0 Å². The van der Waals surface area contributed by atoms with E-state index in [1.54, 1.807) is 0 Å². The molecular weight excluding hydrogens is 240 g/mol.